The van der Waals surface area contributed by atoms with E-state index in [-0.39, 0.29) is 23.4 Å². The topological polar surface area (TPSA) is 57.5 Å². The third-order valence-corrected chi connectivity index (χ3v) is 9.82. The molecule has 0 saturated heterocycles. The molecule has 3 nitrogen and oxygen atoms in total. The standard InChI is InChI=1S/C27H42O3/c1-18(2)6-5-13-26(4,30)24-10-9-23-21-8-7-19-16-20(29)11-14-25(19,3)22(21)12-15-27(23,24)17-28/h5,11,13-14,18-19,21-24,28,30H,6-10,12,15-17H2,1-4H3. The Hall–Kier alpha value is -0.930. The van der Waals surface area contributed by atoms with Crippen molar-refractivity contribution in [2.24, 2.45) is 46.3 Å². The van der Waals surface area contributed by atoms with E-state index in [0.29, 0.717) is 41.8 Å². The Labute approximate surface area is 183 Å². The molecule has 0 amide bonds. The monoisotopic (exact) mass is 414 g/mol. The summed E-state index contributed by atoms with van der Waals surface area (Å²) >= 11 is 0. The molecule has 168 valence electrons. The van der Waals surface area contributed by atoms with Crippen molar-refractivity contribution in [3.05, 3.63) is 24.3 Å². The zero-order chi connectivity index (χ0) is 21.7. The molecule has 8 unspecified atom stereocenters. The lowest BCUT2D eigenvalue weighted by Crippen LogP contribution is -2.56. The van der Waals surface area contributed by atoms with Gasteiger partial charge in [0.05, 0.1) is 5.60 Å². The van der Waals surface area contributed by atoms with E-state index in [1.54, 1.807) is 0 Å². The quantitative estimate of drug-likeness (QED) is 0.599. The number of carbonyl (C=O) groups is 1. The minimum Gasteiger partial charge on any atom is -0.396 e. The van der Waals surface area contributed by atoms with Gasteiger partial charge in [0, 0.05) is 18.4 Å². The maximum Gasteiger partial charge on any atom is 0.155 e. The molecule has 8 atom stereocenters. The molecule has 0 radical (unpaired) electrons. The predicted molar refractivity (Wildman–Crippen MR) is 121 cm³/mol. The number of aliphatic hydroxyl groups excluding tert-OH is 1. The van der Waals surface area contributed by atoms with Crippen LogP contribution in [0.5, 0.6) is 0 Å². The second kappa shape index (κ2) is 7.89. The van der Waals surface area contributed by atoms with Gasteiger partial charge in [-0.1, -0.05) is 39.0 Å². The van der Waals surface area contributed by atoms with E-state index in [1.165, 1.54) is 6.42 Å². The highest BCUT2D eigenvalue weighted by Gasteiger charge is 2.63. The van der Waals surface area contributed by atoms with Gasteiger partial charge in [0.1, 0.15) is 0 Å². The van der Waals surface area contributed by atoms with E-state index in [1.807, 2.05) is 19.1 Å². The van der Waals surface area contributed by atoms with Gasteiger partial charge in [0.2, 0.25) is 0 Å². The number of ketones is 1. The summed E-state index contributed by atoms with van der Waals surface area (Å²) in [6, 6.07) is 0. The van der Waals surface area contributed by atoms with Crippen LogP contribution in [0.3, 0.4) is 0 Å². The van der Waals surface area contributed by atoms with Crippen molar-refractivity contribution in [1.29, 1.82) is 0 Å². The number of fused-ring (bicyclic) bond motifs is 5. The molecule has 3 saturated carbocycles. The van der Waals surface area contributed by atoms with Gasteiger partial charge in [-0.3, -0.25) is 4.79 Å². The van der Waals surface area contributed by atoms with Crippen molar-refractivity contribution in [2.45, 2.75) is 84.7 Å². The second-order valence-corrected chi connectivity index (χ2v) is 11.8. The Balaban J connectivity index is 1.60. The van der Waals surface area contributed by atoms with Crippen molar-refractivity contribution in [1.82, 2.24) is 0 Å². The first-order valence-electron chi connectivity index (χ1n) is 12.4. The number of hydrogen-bond acceptors (Lipinski definition) is 3. The predicted octanol–water partition coefficient (Wildman–Crippen LogP) is 5.32. The maximum absolute atomic E-state index is 12.0. The average molecular weight is 415 g/mol. The molecular formula is C27H42O3. The van der Waals surface area contributed by atoms with Crippen LogP contribution in [0.25, 0.3) is 0 Å². The second-order valence-electron chi connectivity index (χ2n) is 11.8. The fourth-order valence-electron chi connectivity index (χ4n) is 8.32. The van der Waals surface area contributed by atoms with E-state index in [9.17, 15) is 15.0 Å². The maximum atomic E-state index is 12.0. The van der Waals surface area contributed by atoms with Crippen molar-refractivity contribution in [3.63, 3.8) is 0 Å². The van der Waals surface area contributed by atoms with E-state index >= 15 is 0 Å². The summed E-state index contributed by atoms with van der Waals surface area (Å²) in [5.74, 6) is 3.18. The molecule has 0 aromatic rings. The number of allylic oxidation sites excluding steroid dienone is 3. The van der Waals surface area contributed by atoms with Crippen LogP contribution >= 0.6 is 0 Å². The van der Waals surface area contributed by atoms with Crippen molar-refractivity contribution in [2.75, 3.05) is 6.61 Å². The molecule has 0 aliphatic heterocycles. The third-order valence-electron chi connectivity index (χ3n) is 9.82. The van der Waals surface area contributed by atoms with Crippen LogP contribution in [0.1, 0.15) is 79.1 Å². The first-order valence-corrected chi connectivity index (χ1v) is 12.4. The first kappa shape index (κ1) is 22.3. The third kappa shape index (κ3) is 3.45. The molecule has 2 N–H and O–H groups in total. The van der Waals surface area contributed by atoms with Crippen LogP contribution in [-0.2, 0) is 4.79 Å². The van der Waals surface area contributed by atoms with Crippen LogP contribution in [-0.4, -0.2) is 28.2 Å². The minimum atomic E-state index is -0.864. The van der Waals surface area contributed by atoms with Crippen LogP contribution in [0.2, 0.25) is 0 Å². The molecule has 4 rings (SSSR count). The van der Waals surface area contributed by atoms with E-state index in [0.717, 1.165) is 38.5 Å². The van der Waals surface area contributed by atoms with E-state index in [2.05, 4.69) is 32.9 Å². The Morgan fingerprint density at radius 1 is 1.20 bits per heavy atom. The lowest BCUT2D eigenvalue weighted by Gasteiger charge is -2.60. The Kier molecular flexibility index (Phi) is 5.85. The highest BCUT2D eigenvalue weighted by Crippen LogP contribution is 2.67. The molecule has 0 aromatic carbocycles. The van der Waals surface area contributed by atoms with Gasteiger partial charge in [0.25, 0.3) is 0 Å². The van der Waals surface area contributed by atoms with E-state index < -0.39 is 5.60 Å². The summed E-state index contributed by atoms with van der Waals surface area (Å²) < 4.78 is 0. The minimum absolute atomic E-state index is 0.121. The molecule has 4 aliphatic rings. The van der Waals surface area contributed by atoms with Crippen LogP contribution < -0.4 is 0 Å². The SMILES string of the molecule is CC(C)CC=CC(C)(O)C1CCC2C3CCC4CC(=O)C=CC4(C)C3CCC21CO. The molecule has 3 fully saturated rings. The molecular weight excluding hydrogens is 372 g/mol. The number of rotatable bonds is 5. The number of hydrogen-bond donors (Lipinski definition) is 2. The van der Waals surface area contributed by atoms with Gasteiger partial charge in [-0.15, -0.1) is 0 Å². The summed E-state index contributed by atoms with van der Waals surface area (Å²) in [5.41, 5.74) is -0.905. The summed E-state index contributed by atoms with van der Waals surface area (Å²) in [5, 5.41) is 22.2. The zero-order valence-electron chi connectivity index (χ0n) is 19.4. The lowest BCUT2D eigenvalue weighted by molar-refractivity contribution is -0.136. The first-order chi connectivity index (χ1) is 14.1. The summed E-state index contributed by atoms with van der Waals surface area (Å²) in [7, 11) is 0. The van der Waals surface area contributed by atoms with E-state index in [4.69, 9.17) is 0 Å². The largest absolute Gasteiger partial charge is 0.396 e. The molecule has 3 heteroatoms. The van der Waals surface area contributed by atoms with Crippen molar-refractivity contribution >= 4 is 5.78 Å². The van der Waals surface area contributed by atoms with Gasteiger partial charge < -0.3 is 10.2 Å². The summed E-state index contributed by atoms with van der Waals surface area (Å²) in [6.45, 7) is 8.94. The van der Waals surface area contributed by atoms with Crippen LogP contribution in [0.15, 0.2) is 24.3 Å². The van der Waals surface area contributed by atoms with Crippen molar-refractivity contribution < 1.29 is 15.0 Å². The molecule has 4 aliphatic carbocycles. The van der Waals surface area contributed by atoms with Gasteiger partial charge in [-0.05, 0) is 98.9 Å². The molecule has 0 aromatic heterocycles. The molecule has 30 heavy (non-hydrogen) atoms. The smallest absolute Gasteiger partial charge is 0.155 e. The van der Waals surface area contributed by atoms with Gasteiger partial charge in [-0.25, -0.2) is 0 Å². The Morgan fingerprint density at radius 3 is 2.67 bits per heavy atom. The van der Waals surface area contributed by atoms with Crippen LogP contribution in [0.4, 0.5) is 0 Å². The molecule has 0 heterocycles. The fraction of sp³-hybridized carbons (Fsp3) is 0.815. The molecule has 0 spiro atoms. The Bertz CT molecular complexity index is 720. The van der Waals surface area contributed by atoms with Gasteiger partial charge in [-0.2, -0.15) is 0 Å². The Morgan fingerprint density at radius 2 is 1.97 bits per heavy atom. The highest BCUT2D eigenvalue weighted by atomic mass is 16.3. The number of carbonyl (C=O) groups excluding carboxylic acids is 1. The molecule has 0 bridgehead atoms. The van der Waals surface area contributed by atoms with Gasteiger partial charge in [0.15, 0.2) is 5.78 Å². The summed E-state index contributed by atoms with van der Waals surface area (Å²) in [6.07, 6.45) is 16.5. The van der Waals surface area contributed by atoms with Gasteiger partial charge >= 0.3 is 0 Å². The highest BCUT2D eigenvalue weighted by molar-refractivity contribution is 5.91. The normalized spacial score (nSPS) is 45.3. The average Bonchev–Trinajstić information content (AvgIpc) is 3.09. The van der Waals surface area contributed by atoms with Crippen molar-refractivity contribution in [3.8, 4) is 0 Å². The fourth-order valence-corrected chi connectivity index (χ4v) is 8.32. The summed E-state index contributed by atoms with van der Waals surface area (Å²) in [4.78, 5) is 12.0. The zero-order valence-corrected chi connectivity index (χ0v) is 19.4. The lowest BCUT2D eigenvalue weighted by atomic mass is 9.45. The number of aliphatic hydroxyl groups is 2. The van der Waals surface area contributed by atoms with Crippen LogP contribution in [0, 0.1) is 46.3 Å².